The van der Waals surface area contributed by atoms with Gasteiger partial charge in [0.1, 0.15) is 11.5 Å². The lowest BCUT2D eigenvalue weighted by Crippen LogP contribution is -2.41. The van der Waals surface area contributed by atoms with Crippen LogP contribution in [0.1, 0.15) is 30.3 Å². The lowest BCUT2D eigenvalue weighted by molar-refractivity contribution is 0.0724. The van der Waals surface area contributed by atoms with Crippen LogP contribution in [0.15, 0.2) is 24.3 Å². The van der Waals surface area contributed by atoms with Gasteiger partial charge in [-0.05, 0) is 57.0 Å². The van der Waals surface area contributed by atoms with Crippen molar-refractivity contribution in [2.75, 3.05) is 26.2 Å². The first-order valence-corrected chi connectivity index (χ1v) is 7.96. The summed E-state index contributed by atoms with van der Waals surface area (Å²) in [4.78, 5) is 17.6. The van der Waals surface area contributed by atoms with Gasteiger partial charge in [-0.15, -0.1) is 0 Å². The van der Waals surface area contributed by atoms with Gasteiger partial charge in [0.25, 0.3) is 5.91 Å². The SMILES string of the molecule is CCN(CC1CCCNC1)C(=O)c1cc2c(F)cccc2[nH]1. The number of nitrogens with one attached hydrogen (secondary N) is 2. The summed E-state index contributed by atoms with van der Waals surface area (Å²) in [7, 11) is 0. The first kappa shape index (κ1) is 15.0. The highest BCUT2D eigenvalue weighted by Gasteiger charge is 2.22. The van der Waals surface area contributed by atoms with E-state index in [0.717, 1.165) is 32.5 Å². The van der Waals surface area contributed by atoms with Gasteiger partial charge >= 0.3 is 0 Å². The minimum Gasteiger partial charge on any atom is -0.350 e. The number of halogens is 1. The maximum atomic E-state index is 13.8. The number of rotatable bonds is 4. The van der Waals surface area contributed by atoms with Crippen LogP contribution in [0.5, 0.6) is 0 Å². The topological polar surface area (TPSA) is 48.1 Å². The highest BCUT2D eigenvalue weighted by atomic mass is 19.1. The molecule has 22 heavy (non-hydrogen) atoms. The Bertz CT molecular complexity index is 661. The molecule has 4 nitrogen and oxygen atoms in total. The second-order valence-corrected chi connectivity index (χ2v) is 5.94. The van der Waals surface area contributed by atoms with Crippen LogP contribution in [0.25, 0.3) is 10.9 Å². The molecule has 1 fully saturated rings. The maximum Gasteiger partial charge on any atom is 0.270 e. The van der Waals surface area contributed by atoms with Crippen molar-refractivity contribution in [2.45, 2.75) is 19.8 Å². The van der Waals surface area contributed by atoms with Crippen LogP contribution in [0.2, 0.25) is 0 Å². The lowest BCUT2D eigenvalue weighted by Gasteiger charge is -2.29. The Balaban J connectivity index is 1.78. The molecule has 0 radical (unpaired) electrons. The number of benzene rings is 1. The average Bonchev–Trinajstić information content (AvgIpc) is 2.98. The van der Waals surface area contributed by atoms with E-state index < -0.39 is 0 Å². The van der Waals surface area contributed by atoms with Gasteiger partial charge < -0.3 is 15.2 Å². The molecule has 1 aromatic carbocycles. The summed E-state index contributed by atoms with van der Waals surface area (Å²) in [6.45, 7) is 5.42. The fourth-order valence-corrected chi connectivity index (χ4v) is 3.15. The average molecular weight is 303 g/mol. The molecule has 2 aromatic rings. The van der Waals surface area contributed by atoms with Crippen molar-refractivity contribution in [3.8, 4) is 0 Å². The van der Waals surface area contributed by atoms with E-state index in [4.69, 9.17) is 0 Å². The molecule has 1 aliphatic rings. The molecule has 0 aliphatic carbocycles. The van der Waals surface area contributed by atoms with Crippen molar-refractivity contribution in [1.29, 1.82) is 0 Å². The number of aromatic nitrogens is 1. The fraction of sp³-hybridized carbons (Fsp3) is 0.471. The molecular weight excluding hydrogens is 281 g/mol. The third-order valence-corrected chi connectivity index (χ3v) is 4.39. The zero-order valence-electron chi connectivity index (χ0n) is 12.9. The van der Waals surface area contributed by atoms with E-state index in [0.29, 0.717) is 29.1 Å². The first-order valence-electron chi connectivity index (χ1n) is 7.96. The molecule has 118 valence electrons. The maximum absolute atomic E-state index is 13.8. The summed E-state index contributed by atoms with van der Waals surface area (Å²) < 4.78 is 13.8. The summed E-state index contributed by atoms with van der Waals surface area (Å²) in [5.74, 6) is 0.148. The zero-order valence-corrected chi connectivity index (χ0v) is 12.9. The molecular formula is C17H22FN3O. The lowest BCUT2D eigenvalue weighted by atomic mass is 9.99. The number of H-pyrrole nitrogens is 1. The normalized spacial score (nSPS) is 18.5. The van der Waals surface area contributed by atoms with Gasteiger partial charge in [-0.3, -0.25) is 4.79 Å². The van der Waals surface area contributed by atoms with E-state index in [1.807, 2.05) is 11.8 Å². The fourth-order valence-electron chi connectivity index (χ4n) is 3.15. The second-order valence-electron chi connectivity index (χ2n) is 5.94. The van der Waals surface area contributed by atoms with Crippen LogP contribution < -0.4 is 5.32 Å². The van der Waals surface area contributed by atoms with Gasteiger partial charge in [-0.25, -0.2) is 4.39 Å². The molecule has 2 heterocycles. The summed E-state index contributed by atoms with van der Waals surface area (Å²) in [5, 5.41) is 3.85. The highest BCUT2D eigenvalue weighted by molar-refractivity contribution is 5.98. The predicted octanol–water partition coefficient (Wildman–Crippen LogP) is 2.77. The third-order valence-electron chi connectivity index (χ3n) is 4.39. The van der Waals surface area contributed by atoms with E-state index in [9.17, 15) is 9.18 Å². The molecule has 2 N–H and O–H groups in total. The number of nitrogens with zero attached hydrogens (tertiary/aromatic N) is 1. The van der Waals surface area contributed by atoms with Crippen molar-refractivity contribution in [3.05, 3.63) is 35.8 Å². The smallest absolute Gasteiger partial charge is 0.270 e. The molecule has 5 heteroatoms. The van der Waals surface area contributed by atoms with E-state index in [-0.39, 0.29) is 11.7 Å². The highest BCUT2D eigenvalue weighted by Crippen LogP contribution is 2.20. The Labute approximate surface area is 129 Å². The van der Waals surface area contributed by atoms with Crippen LogP contribution in [0, 0.1) is 11.7 Å². The van der Waals surface area contributed by atoms with Gasteiger partial charge in [-0.1, -0.05) is 6.07 Å². The van der Waals surface area contributed by atoms with E-state index in [1.54, 1.807) is 18.2 Å². The number of carbonyl (C=O) groups excluding carboxylic acids is 1. The summed E-state index contributed by atoms with van der Waals surface area (Å²) in [6.07, 6.45) is 2.31. The van der Waals surface area contributed by atoms with Crippen molar-refractivity contribution < 1.29 is 9.18 Å². The Morgan fingerprint density at radius 1 is 1.45 bits per heavy atom. The number of piperidine rings is 1. The third kappa shape index (κ3) is 2.99. The number of amides is 1. The summed E-state index contributed by atoms with van der Waals surface area (Å²) in [6, 6.07) is 6.47. The second kappa shape index (κ2) is 6.48. The van der Waals surface area contributed by atoms with Crippen LogP contribution >= 0.6 is 0 Å². The van der Waals surface area contributed by atoms with Crippen LogP contribution in [-0.4, -0.2) is 42.0 Å². The molecule has 1 aliphatic heterocycles. The molecule has 1 saturated heterocycles. The number of fused-ring (bicyclic) bond motifs is 1. The quantitative estimate of drug-likeness (QED) is 0.912. The molecule has 3 rings (SSSR count). The number of carbonyl (C=O) groups is 1. The molecule has 1 unspecified atom stereocenters. The van der Waals surface area contributed by atoms with E-state index >= 15 is 0 Å². The summed E-state index contributed by atoms with van der Waals surface area (Å²) in [5.41, 5.74) is 1.13. The van der Waals surface area contributed by atoms with Gasteiger partial charge in [-0.2, -0.15) is 0 Å². The number of hydrogen-bond acceptors (Lipinski definition) is 2. The van der Waals surface area contributed by atoms with Crippen LogP contribution in [0.4, 0.5) is 4.39 Å². The summed E-state index contributed by atoms with van der Waals surface area (Å²) >= 11 is 0. The Morgan fingerprint density at radius 3 is 3.00 bits per heavy atom. The van der Waals surface area contributed by atoms with Gasteiger partial charge in [0, 0.05) is 24.0 Å². The standard InChI is InChI=1S/C17H22FN3O/c1-2-21(11-12-5-4-8-19-10-12)17(22)16-9-13-14(18)6-3-7-15(13)20-16/h3,6-7,9,12,19-20H,2,4-5,8,10-11H2,1H3. The molecule has 1 amide bonds. The van der Waals surface area contributed by atoms with Crippen molar-refractivity contribution in [2.24, 2.45) is 5.92 Å². The predicted molar refractivity (Wildman–Crippen MR) is 85.4 cm³/mol. The molecule has 0 bridgehead atoms. The minimum atomic E-state index is -0.299. The molecule has 0 spiro atoms. The zero-order chi connectivity index (χ0) is 15.5. The van der Waals surface area contributed by atoms with Crippen LogP contribution in [0.3, 0.4) is 0 Å². The van der Waals surface area contributed by atoms with E-state index in [1.165, 1.54) is 6.07 Å². The number of aromatic amines is 1. The Morgan fingerprint density at radius 2 is 2.32 bits per heavy atom. The van der Waals surface area contributed by atoms with E-state index in [2.05, 4.69) is 10.3 Å². The molecule has 0 saturated carbocycles. The molecule has 1 aromatic heterocycles. The van der Waals surface area contributed by atoms with Crippen molar-refractivity contribution >= 4 is 16.8 Å². The van der Waals surface area contributed by atoms with Crippen molar-refractivity contribution in [3.63, 3.8) is 0 Å². The Kier molecular flexibility index (Phi) is 4.43. The monoisotopic (exact) mass is 303 g/mol. The van der Waals surface area contributed by atoms with Crippen molar-refractivity contribution in [1.82, 2.24) is 15.2 Å². The minimum absolute atomic E-state index is 0.0522. The van der Waals surface area contributed by atoms with Crippen LogP contribution in [-0.2, 0) is 0 Å². The largest absolute Gasteiger partial charge is 0.350 e. The van der Waals surface area contributed by atoms with Gasteiger partial charge in [0.2, 0.25) is 0 Å². The molecule has 1 atom stereocenters. The number of hydrogen-bond donors (Lipinski definition) is 2. The Hall–Kier alpha value is -1.88. The first-order chi connectivity index (χ1) is 10.7. The van der Waals surface area contributed by atoms with Gasteiger partial charge in [0.05, 0.1) is 0 Å². The van der Waals surface area contributed by atoms with Gasteiger partial charge in [0.15, 0.2) is 0 Å².